The number of aryl methyl sites for hydroxylation is 2. The fourth-order valence-corrected chi connectivity index (χ4v) is 6.83. The number of carbonyl (C=O) groups excluding carboxylic acids is 2. The van der Waals surface area contributed by atoms with Gasteiger partial charge in [0, 0.05) is 23.5 Å². The van der Waals surface area contributed by atoms with Crippen LogP contribution in [0.3, 0.4) is 0 Å². The van der Waals surface area contributed by atoms with E-state index in [1.165, 1.54) is 4.90 Å². The molecule has 0 aliphatic rings. The molecule has 9 heteroatoms. The molecule has 236 valence electrons. The highest BCUT2D eigenvalue weighted by Gasteiger charge is 2.35. The molecule has 0 aliphatic heterocycles. The monoisotopic (exact) mass is 689 g/mol. The van der Waals surface area contributed by atoms with Crippen LogP contribution in [0, 0.1) is 13.8 Å². The second-order valence-electron chi connectivity index (χ2n) is 11.3. The highest BCUT2D eigenvalue weighted by atomic mass is 79.9. The molecular formula is C36H40BrN3O4S. The Bertz CT molecular complexity index is 1710. The summed E-state index contributed by atoms with van der Waals surface area (Å²) in [6, 6.07) is 29.7. The molecular weight excluding hydrogens is 650 g/mol. The van der Waals surface area contributed by atoms with Crippen molar-refractivity contribution in [2.75, 3.05) is 10.8 Å². The van der Waals surface area contributed by atoms with E-state index in [9.17, 15) is 18.0 Å². The van der Waals surface area contributed by atoms with E-state index >= 15 is 0 Å². The topological polar surface area (TPSA) is 86.8 Å². The van der Waals surface area contributed by atoms with E-state index in [2.05, 4.69) is 21.2 Å². The summed E-state index contributed by atoms with van der Waals surface area (Å²) < 4.78 is 30.3. The average Bonchev–Trinajstić information content (AvgIpc) is 3.02. The van der Waals surface area contributed by atoms with Gasteiger partial charge in [-0.3, -0.25) is 13.9 Å². The number of hydrogen-bond acceptors (Lipinski definition) is 4. The number of carbonyl (C=O) groups is 2. The standard InChI is InChI=1S/C36H40BrN3O4S/c1-5-28(4)38-36(42)34(23-29-12-7-6-8-13-29)39(24-30-14-10-15-31(37)22-30)35(41)25-40(32-16-9-11-27(3)21-32)45(43,44)33-19-17-26(2)18-20-33/h6-22,28,34H,5,23-25H2,1-4H3,(H,38,42)/t28-,34-/m0/s1. The maximum Gasteiger partial charge on any atom is 0.264 e. The lowest BCUT2D eigenvalue weighted by Crippen LogP contribution is -2.54. The van der Waals surface area contributed by atoms with Crippen LogP contribution in [0.5, 0.6) is 0 Å². The van der Waals surface area contributed by atoms with Crippen LogP contribution < -0.4 is 9.62 Å². The lowest BCUT2D eigenvalue weighted by molar-refractivity contribution is -0.140. The average molecular weight is 691 g/mol. The van der Waals surface area contributed by atoms with Crippen LogP contribution in [0.4, 0.5) is 5.69 Å². The lowest BCUT2D eigenvalue weighted by Gasteiger charge is -2.34. The van der Waals surface area contributed by atoms with Crippen molar-refractivity contribution >= 4 is 43.5 Å². The van der Waals surface area contributed by atoms with E-state index in [0.717, 1.165) is 37.5 Å². The zero-order valence-corrected chi connectivity index (χ0v) is 28.5. The number of hydrogen-bond donors (Lipinski definition) is 1. The van der Waals surface area contributed by atoms with E-state index < -0.39 is 28.5 Å². The van der Waals surface area contributed by atoms with Crippen molar-refractivity contribution in [2.45, 2.75) is 64.1 Å². The first kappa shape index (κ1) is 33.9. The smallest absolute Gasteiger partial charge is 0.264 e. The first-order valence-corrected chi connectivity index (χ1v) is 17.3. The maximum absolute atomic E-state index is 14.6. The molecule has 0 unspecified atom stereocenters. The number of rotatable bonds is 13. The van der Waals surface area contributed by atoms with Crippen molar-refractivity contribution in [2.24, 2.45) is 0 Å². The molecule has 0 saturated carbocycles. The zero-order valence-electron chi connectivity index (χ0n) is 26.1. The second-order valence-corrected chi connectivity index (χ2v) is 14.1. The second kappa shape index (κ2) is 15.4. The molecule has 4 rings (SSSR count). The van der Waals surface area contributed by atoms with Crippen LogP contribution in [-0.2, 0) is 32.6 Å². The van der Waals surface area contributed by atoms with Gasteiger partial charge in [0.05, 0.1) is 10.6 Å². The highest BCUT2D eigenvalue weighted by Crippen LogP contribution is 2.26. The Hall–Kier alpha value is -3.95. The molecule has 4 aromatic carbocycles. The number of halogens is 1. The molecule has 0 radical (unpaired) electrons. The molecule has 0 saturated heterocycles. The summed E-state index contributed by atoms with van der Waals surface area (Å²) in [5, 5.41) is 3.06. The van der Waals surface area contributed by atoms with Crippen molar-refractivity contribution < 1.29 is 18.0 Å². The molecule has 1 N–H and O–H groups in total. The number of nitrogens with one attached hydrogen (secondary N) is 1. The predicted molar refractivity (Wildman–Crippen MR) is 183 cm³/mol. The first-order valence-electron chi connectivity index (χ1n) is 15.0. The Morgan fingerprint density at radius 1 is 0.822 bits per heavy atom. The van der Waals surface area contributed by atoms with Crippen LogP contribution in [0.25, 0.3) is 0 Å². The lowest BCUT2D eigenvalue weighted by atomic mass is 10.0. The number of nitrogens with zero attached hydrogens (tertiary/aromatic N) is 2. The summed E-state index contributed by atoms with van der Waals surface area (Å²) in [5.41, 5.74) is 3.83. The molecule has 45 heavy (non-hydrogen) atoms. The van der Waals surface area contributed by atoms with Crippen LogP contribution in [-0.4, -0.2) is 43.8 Å². The van der Waals surface area contributed by atoms with Gasteiger partial charge in [-0.2, -0.15) is 0 Å². The van der Waals surface area contributed by atoms with E-state index in [-0.39, 0.29) is 29.8 Å². The minimum absolute atomic E-state index is 0.0799. The van der Waals surface area contributed by atoms with Crippen molar-refractivity contribution in [1.82, 2.24) is 10.2 Å². The summed E-state index contributed by atoms with van der Waals surface area (Å²) >= 11 is 3.52. The van der Waals surface area contributed by atoms with Gasteiger partial charge < -0.3 is 10.2 Å². The van der Waals surface area contributed by atoms with Crippen molar-refractivity contribution in [3.8, 4) is 0 Å². The Balaban J connectivity index is 1.81. The maximum atomic E-state index is 14.6. The van der Waals surface area contributed by atoms with Gasteiger partial charge in [-0.05, 0) is 80.3 Å². The van der Waals surface area contributed by atoms with Gasteiger partial charge in [0.15, 0.2) is 0 Å². The number of anilines is 1. The van der Waals surface area contributed by atoms with Crippen LogP contribution in [0.2, 0.25) is 0 Å². The van der Waals surface area contributed by atoms with Gasteiger partial charge >= 0.3 is 0 Å². The molecule has 0 bridgehead atoms. The quantitative estimate of drug-likeness (QED) is 0.167. The number of amides is 2. The van der Waals surface area contributed by atoms with E-state index in [0.29, 0.717) is 5.69 Å². The predicted octanol–water partition coefficient (Wildman–Crippen LogP) is 6.82. The molecule has 2 amide bonds. The third-order valence-electron chi connectivity index (χ3n) is 7.69. The van der Waals surface area contributed by atoms with E-state index in [1.54, 1.807) is 42.5 Å². The van der Waals surface area contributed by atoms with Gasteiger partial charge in [-0.1, -0.05) is 95.1 Å². The van der Waals surface area contributed by atoms with Crippen molar-refractivity contribution in [1.29, 1.82) is 0 Å². The molecule has 7 nitrogen and oxygen atoms in total. The van der Waals surface area contributed by atoms with Gasteiger partial charge in [-0.25, -0.2) is 8.42 Å². The molecule has 0 fully saturated rings. The molecule has 0 spiro atoms. The minimum atomic E-state index is -4.15. The molecule has 0 aliphatic carbocycles. The van der Waals surface area contributed by atoms with Crippen LogP contribution >= 0.6 is 15.9 Å². The van der Waals surface area contributed by atoms with E-state index in [1.807, 2.05) is 88.4 Å². The molecule has 0 aromatic heterocycles. The summed E-state index contributed by atoms with van der Waals surface area (Å²) in [6.45, 7) is 7.28. The van der Waals surface area contributed by atoms with Gasteiger partial charge in [0.1, 0.15) is 12.6 Å². The summed E-state index contributed by atoms with van der Waals surface area (Å²) in [6.07, 6.45) is 0.983. The van der Waals surface area contributed by atoms with E-state index in [4.69, 9.17) is 0 Å². The first-order chi connectivity index (χ1) is 21.5. The normalized spacial score (nSPS) is 12.6. The third-order valence-corrected chi connectivity index (χ3v) is 9.97. The molecule has 2 atom stereocenters. The Morgan fingerprint density at radius 3 is 2.13 bits per heavy atom. The van der Waals surface area contributed by atoms with Gasteiger partial charge in [-0.15, -0.1) is 0 Å². The van der Waals surface area contributed by atoms with Gasteiger partial charge in [0.25, 0.3) is 10.0 Å². The highest BCUT2D eigenvalue weighted by molar-refractivity contribution is 9.10. The summed E-state index contributed by atoms with van der Waals surface area (Å²) in [4.78, 5) is 30.1. The SMILES string of the molecule is CC[C@H](C)NC(=O)[C@H](Cc1ccccc1)N(Cc1cccc(Br)c1)C(=O)CN(c1cccc(C)c1)S(=O)(=O)c1ccc(C)cc1. The van der Waals surface area contributed by atoms with Crippen LogP contribution in [0.1, 0.15) is 42.5 Å². The van der Waals surface area contributed by atoms with Crippen molar-refractivity contribution in [3.63, 3.8) is 0 Å². The number of sulfonamides is 1. The Morgan fingerprint density at radius 2 is 1.49 bits per heavy atom. The van der Waals surface area contributed by atoms with Gasteiger partial charge in [0.2, 0.25) is 11.8 Å². The Labute approximate surface area is 275 Å². The Kier molecular flexibility index (Phi) is 11.6. The fourth-order valence-electron chi connectivity index (χ4n) is 4.98. The molecule has 4 aromatic rings. The largest absolute Gasteiger partial charge is 0.352 e. The minimum Gasteiger partial charge on any atom is -0.352 e. The van der Waals surface area contributed by atoms with Crippen LogP contribution in [0.15, 0.2) is 112 Å². The fraction of sp³-hybridized carbons (Fsp3) is 0.278. The third kappa shape index (κ3) is 9.05. The summed E-state index contributed by atoms with van der Waals surface area (Å²) in [5.74, 6) is -0.785. The zero-order chi connectivity index (χ0) is 32.6. The number of benzene rings is 4. The summed E-state index contributed by atoms with van der Waals surface area (Å²) in [7, 11) is -4.15. The molecule has 0 heterocycles. The van der Waals surface area contributed by atoms with Crippen molar-refractivity contribution in [3.05, 3.63) is 130 Å².